The number of nitrogens with two attached hydrogens (primary N) is 1. The summed E-state index contributed by atoms with van der Waals surface area (Å²) in [5.41, 5.74) is 6.46. The SMILES string of the molecule is NCCNCCc1ccc(F)cc1. The Kier molecular flexibility index (Phi) is 4.43. The van der Waals surface area contributed by atoms with Crippen LogP contribution in [0.25, 0.3) is 0 Å². The second kappa shape index (κ2) is 5.67. The lowest BCUT2D eigenvalue weighted by molar-refractivity contribution is 0.626. The predicted octanol–water partition coefficient (Wildman–Crippen LogP) is 0.916. The molecule has 0 saturated heterocycles. The third-order valence-corrected chi connectivity index (χ3v) is 1.82. The maximum Gasteiger partial charge on any atom is 0.123 e. The van der Waals surface area contributed by atoms with Gasteiger partial charge in [-0.2, -0.15) is 0 Å². The lowest BCUT2D eigenvalue weighted by Gasteiger charge is -2.02. The van der Waals surface area contributed by atoms with Crippen molar-refractivity contribution in [3.63, 3.8) is 0 Å². The van der Waals surface area contributed by atoms with E-state index in [-0.39, 0.29) is 5.82 Å². The van der Waals surface area contributed by atoms with Crippen molar-refractivity contribution >= 4 is 0 Å². The average molecular weight is 182 g/mol. The predicted molar refractivity (Wildman–Crippen MR) is 52.0 cm³/mol. The van der Waals surface area contributed by atoms with E-state index < -0.39 is 0 Å². The maximum atomic E-state index is 12.5. The fourth-order valence-electron chi connectivity index (χ4n) is 1.11. The van der Waals surface area contributed by atoms with E-state index in [1.807, 2.05) is 0 Å². The number of halogens is 1. The van der Waals surface area contributed by atoms with Crippen LogP contribution in [-0.2, 0) is 6.42 Å². The molecule has 1 aromatic rings. The molecule has 0 unspecified atom stereocenters. The Morgan fingerprint density at radius 3 is 2.46 bits per heavy atom. The first-order chi connectivity index (χ1) is 6.33. The van der Waals surface area contributed by atoms with E-state index in [4.69, 9.17) is 5.73 Å². The van der Waals surface area contributed by atoms with Gasteiger partial charge in [0.2, 0.25) is 0 Å². The van der Waals surface area contributed by atoms with Crippen LogP contribution >= 0.6 is 0 Å². The Hall–Kier alpha value is -0.930. The van der Waals surface area contributed by atoms with Crippen molar-refractivity contribution in [3.05, 3.63) is 35.6 Å². The molecule has 1 aromatic carbocycles. The lowest BCUT2D eigenvalue weighted by atomic mass is 10.1. The molecular weight excluding hydrogens is 167 g/mol. The van der Waals surface area contributed by atoms with Gasteiger partial charge in [-0.25, -0.2) is 4.39 Å². The van der Waals surface area contributed by atoms with Crippen LogP contribution in [0.2, 0.25) is 0 Å². The van der Waals surface area contributed by atoms with Crippen LogP contribution in [0.1, 0.15) is 5.56 Å². The van der Waals surface area contributed by atoms with Gasteiger partial charge in [-0.1, -0.05) is 12.1 Å². The van der Waals surface area contributed by atoms with Gasteiger partial charge in [-0.3, -0.25) is 0 Å². The fraction of sp³-hybridized carbons (Fsp3) is 0.400. The molecule has 3 N–H and O–H groups in total. The van der Waals surface area contributed by atoms with E-state index in [1.165, 1.54) is 12.1 Å². The summed E-state index contributed by atoms with van der Waals surface area (Å²) < 4.78 is 12.5. The first kappa shape index (κ1) is 10.2. The molecule has 72 valence electrons. The first-order valence-electron chi connectivity index (χ1n) is 4.48. The number of benzene rings is 1. The Labute approximate surface area is 77.9 Å². The first-order valence-corrected chi connectivity index (χ1v) is 4.48. The number of hydrogen-bond donors (Lipinski definition) is 2. The summed E-state index contributed by atoms with van der Waals surface area (Å²) in [6.07, 6.45) is 0.917. The van der Waals surface area contributed by atoms with Crippen LogP contribution in [0.3, 0.4) is 0 Å². The van der Waals surface area contributed by atoms with Crippen molar-refractivity contribution in [2.75, 3.05) is 19.6 Å². The molecule has 3 heteroatoms. The monoisotopic (exact) mass is 182 g/mol. The molecule has 0 aliphatic rings. The van der Waals surface area contributed by atoms with Crippen molar-refractivity contribution < 1.29 is 4.39 Å². The Bertz CT molecular complexity index is 233. The minimum atomic E-state index is -0.182. The van der Waals surface area contributed by atoms with Gasteiger partial charge in [0.15, 0.2) is 0 Å². The summed E-state index contributed by atoms with van der Waals surface area (Å²) in [4.78, 5) is 0. The summed E-state index contributed by atoms with van der Waals surface area (Å²) in [5, 5.41) is 3.18. The van der Waals surface area contributed by atoms with E-state index in [2.05, 4.69) is 5.32 Å². The lowest BCUT2D eigenvalue weighted by Crippen LogP contribution is -2.24. The van der Waals surface area contributed by atoms with Gasteiger partial charge in [-0.05, 0) is 30.7 Å². The summed E-state index contributed by atoms with van der Waals surface area (Å²) >= 11 is 0. The highest BCUT2D eigenvalue weighted by Gasteiger charge is 1.92. The Balaban J connectivity index is 2.25. The molecule has 0 amide bonds. The third-order valence-electron chi connectivity index (χ3n) is 1.82. The zero-order valence-electron chi connectivity index (χ0n) is 7.59. The summed E-state index contributed by atoms with van der Waals surface area (Å²) in [6, 6.07) is 6.58. The largest absolute Gasteiger partial charge is 0.329 e. The van der Waals surface area contributed by atoms with E-state index in [0.29, 0.717) is 6.54 Å². The second-order valence-corrected chi connectivity index (χ2v) is 2.92. The van der Waals surface area contributed by atoms with Crippen molar-refractivity contribution in [2.24, 2.45) is 5.73 Å². The highest BCUT2D eigenvalue weighted by molar-refractivity contribution is 5.16. The molecule has 0 aromatic heterocycles. The molecule has 0 aliphatic carbocycles. The average Bonchev–Trinajstić information content (AvgIpc) is 2.15. The van der Waals surface area contributed by atoms with Crippen LogP contribution in [0.5, 0.6) is 0 Å². The number of rotatable bonds is 5. The van der Waals surface area contributed by atoms with Gasteiger partial charge in [0.25, 0.3) is 0 Å². The molecule has 0 fully saturated rings. The van der Waals surface area contributed by atoms with Gasteiger partial charge in [-0.15, -0.1) is 0 Å². The maximum absolute atomic E-state index is 12.5. The second-order valence-electron chi connectivity index (χ2n) is 2.92. The molecule has 0 saturated carbocycles. The molecule has 0 spiro atoms. The molecule has 2 nitrogen and oxygen atoms in total. The van der Waals surface area contributed by atoms with Gasteiger partial charge in [0.1, 0.15) is 5.82 Å². The van der Waals surface area contributed by atoms with E-state index >= 15 is 0 Å². The quantitative estimate of drug-likeness (QED) is 0.664. The third kappa shape index (κ3) is 4.01. The number of hydrogen-bond acceptors (Lipinski definition) is 2. The van der Waals surface area contributed by atoms with E-state index in [1.54, 1.807) is 12.1 Å². The normalized spacial score (nSPS) is 10.3. The Morgan fingerprint density at radius 1 is 1.15 bits per heavy atom. The zero-order valence-corrected chi connectivity index (χ0v) is 7.59. The highest BCUT2D eigenvalue weighted by Crippen LogP contribution is 2.02. The van der Waals surface area contributed by atoms with Crippen molar-refractivity contribution in [2.45, 2.75) is 6.42 Å². The molecule has 1 rings (SSSR count). The van der Waals surface area contributed by atoms with Crippen molar-refractivity contribution in [1.29, 1.82) is 0 Å². The smallest absolute Gasteiger partial charge is 0.123 e. The minimum Gasteiger partial charge on any atom is -0.329 e. The fourth-order valence-corrected chi connectivity index (χ4v) is 1.11. The van der Waals surface area contributed by atoms with Crippen LogP contribution in [-0.4, -0.2) is 19.6 Å². The van der Waals surface area contributed by atoms with Gasteiger partial charge in [0.05, 0.1) is 0 Å². The Morgan fingerprint density at radius 2 is 1.85 bits per heavy atom. The molecule has 0 bridgehead atoms. The van der Waals surface area contributed by atoms with Gasteiger partial charge >= 0.3 is 0 Å². The van der Waals surface area contributed by atoms with Gasteiger partial charge in [0, 0.05) is 13.1 Å². The summed E-state index contributed by atoms with van der Waals surface area (Å²) in [5.74, 6) is -0.182. The molecule has 0 atom stereocenters. The van der Waals surface area contributed by atoms with Crippen LogP contribution in [0.15, 0.2) is 24.3 Å². The summed E-state index contributed by atoms with van der Waals surface area (Å²) in [7, 11) is 0. The molecule has 0 aliphatic heterocycles. The van der Waals surface area contributed by atoms with Crippen LogP contribution in [0, 0.1) is 5.82 Å². The standard InChI is InChI=1S/C10H15FN2/c11-10-3-1-9(2-4-10)5-7-13-8-6-12/h1-4,13H,5-8,12H2. The topological polar surface area (TPSA) is 38.0 Å². The van der Waals surface area contributed by atoms with E-state index in [0.717, 1.165) is 25.1 Å². The highest BCUT2D eigenvalue weighted by atomic mass is 19.1. The van der Waals surface area contributed by atoms with Crippen molar-refractivity contribution in [1.82, 2.24) is 5.32 Å². The molecule has 13 heavy (non-hydrogen) atoms. The van der Waals surface area contributed by atoms with Crippen LogP contribution in [0.4, 0.5) is 4.39 Å². The summed E-state index contributed by atoms with van der Waals surface area (Å²) in [6.45, 7) is 2.38. The number of nitrogens with one attached hydrogen (secondary N) is 1. The molecular formula is C10H15FN2. The molecule has 0 heterocycles. The van der Waals surface area contributed by atoms with E-state index in [9.17, 15) is 4.39 Å². The van der Waals surface area contributed by atoms with Gasteiger partial charge < -0.3 is 11.1 Å². The zero-order chi connectivity index (χ0) is 9.52. The van der Waals surface area contributed by atoms with Crippen molar-refractivity contribution in [3.8, 4) is 0 Å². The van der Waals surface area contributed by atoms with Crippen LogP contribution < -0.4 is 11.1 Å². The molecule has 0 radical (unpaired) electrons. The minimum absolute atomic E-state index is 0.182.